The zero-order valence-electron chi connectivity index (χ0n) is 6.32. The molecule has 1 rings (SSSR count). The molecule has 0 spiro atoms. The van der Waals surface area contributed by atoms with Crippen molar-refractivity contribution in [2.75, 3.05) is 0 Å². The van der Waals surface area contributed by atoms with Crippen LogP contribution in [0.1, 0.15) is 10.4 Å². The summed E-state index contributed by atoms with van der Waals surface area (Å²) in [6.45, 7) is 0. The van der Waals surface area contributed by atoms with E-state index in [0.717, 1.165) is 0 Å². The van der Waals surface area contributed by atoms with Crippen LogP contribution in [0, 0.1) is 28.6 Å². The van der Waals surface area contributed by atoms with Crippen molar-refractivity contribution in [3.8, 4) is 12.1 Å². The van der Waals surface area contributed by atoms with Gasteiger partial charge in [-0.3, -0.25) is 4.79 Å². The Balaban J connectivity index is 2.94. The lowest BCUT2D eigenvalue weighted by atomic mass is 10.0. The summed E-state index contributed by atoms with van der Waals surface area (Å²) in [5, 5.41) is 16.9. The lowest BCUT2D eigenvalue weighted by Crippen LogP contribution is -2.09. The molecule has 0 amide bonds. The molecule has 5 heteroatoms. The number of furan rings is 1. The SMILES string of the molecule is N#CC(C#N)C(=O)c1coc(Br)c1. The first-order valence-corrected chi connectivity index (χ1v) is 4.06. The summed E-state index contributed by atoms with van der Waals surface area (Å²) in [5.41, 5.74) is 0.222. The minimum atomic E-state index is -1.26. The van der Waals surface area contributed by atoms with E-state index < -0.39 is 11.7 Å². The molecule has 0 aliphatic heterocycles. The lowest BCUT2D eigenvalue weighted by molar-refractivity contribution is 0.0970. The van der Waals surface area contributed by atoms with E-state index in [4.69, 9.17) is 14.9 Å². The van der Waals surface area contributed by atoms with Gasteiger partial charge in [0.05, 0.1) is 17.7 Å². The minimum absolute atomic E-state index is 0.222. The number of hydrogen-bond acceptors (Lipinski definition) is 4. The first-order chi connectivity index (χ1) is 6.19. The Bertz CT molecular complexity index is 397. The van der Waals surface area contributed by atoms with Crippen molar-refractivity contribution < 1.29 is 9.21 Å². The maximum atomic E-state index is 11.3. The molecule has 0 bridgehead atoms. The number of halogens is 1. The average Bonchev–Trinajstić information content (AvgIpc) is 2.54. The number of Topliss-reactive ketones (excluding diaryl/α,β-unsaturated/α-hetero) is 1. The Morgan fingerprint density at radius 3 is 2.54 bits per heavy atom. The van der Waals surface area contributed by atoms with E-state index in [-0.39, 0.29) is 5.56 Å². The van der Waals surface area contributed by atoms with E-state index in [1.54, 1.807) is 12.1 Å². The van der Waals surface area contributed by atoms with Crippen LogP contribution in [0.25, 0.3) is 0 Å². The summed E-state index contributed by atoms with van der Waals surface area (Å²) in [5.74, 6) is -1.80. The van der Waals surface area contributed by atoms with Crippen LogP contribution in [-0.4, -0.2) is 5.78 Å². The molecule has 1 aromatic rings. The van der Waals surface area contributed by atoms with Crippen LogP contribution >= 0.6 is 15.9 Å². The highest BCUT2D eigenvalue weighted by atomic mass is 79.9. The minimum Gasteiger partial charge on any atom is -0.457 e. The highest BCUT2D eigenvalue weighted by Gasteiger charge is 2.20. The fourth-order valence-electron chi connectivity index (χ4n) is 0.752. The van der Waals surface area contributed by atoms with E-state index in [0.29, 0.717) is 4.67 Å². The number of ketones is 1. The Morgan fingerprint density at radius 1 is 1.54 bits per heavy atom. The third-order valence-corrected chi connectivity index (χ3v) is 1.79. The van der Waals surface area contributed by atoms with Crippen LogP contribution in [0.2, 0.25) is 0 Å². The third kappa shape index (κ3) is 1.95. The topological polar surface area (TPSA) is 77.8 Å². The summed E-state index contributed by atoms with van der Waals surface area (Å²) in [6, 6.07) is 4.60. The van der Waals surface area contributed by atoms with E-state index in [2.05, 4.69) is 15.9 Å². The van der Waals surface area contributed by atoms with Crippen molar-refractivity contribution in [2.24, 2.45) is 5.92 Å². The molecule has 1 heterocycles. The fourth-order valence-corrected chi connectivity index (χ4v) is 1.09. The van der Waals surface area contributed by atoms with Crippen molar-refractivity contribution >= 4 is 21.7 Å². The standard InChI is InChI=1S/C8H3BrN2O2/c9-7-1-5(4-13-7)8(12)6(2-10)3-11/h1,4,6H. The molecular formula is C8H3BrN2O2. The maximum absolute atomic E-state index is 11.3. The quantitative estimate of drug-likeness (QED) is 0.738. The van der Waals surface area contributed by atoms with Gasteiger partial charge >= 0.3 is 0 Å². The summed E-state index contributed by atoms with van der Waals surface area (Å²) in [7, 11) is 0. The Morgan fingerprint density at radius 2 is 2.15 bits per heavy atom. The first kappa shape index (κ1) is 9.50. The Kier molecular flexibility index (Phi) is 2.84. The molecular weight excluding hydrogens is 236 g/mol. The van der Waals surface area contributed by atoms with Crippen LogP contribution in [0.15, 0.2) is 21.4 Å². The van der Waals surface area contributed by atoms with Crippen molar-refractivity contribution in [2.45, 2.75) is 0 Å². The summed E-state index contributed by atoms with van der Waals surface area (Å²) in [6.07, 6.45) is 1.20. The molecule has 1 aromatic heterocycles. The van der Waals surface area contributed by atoms with Crippen molar-refractivity contribution in [3.05, 3.63) is 22.6 Å². The molecule has 0 unspecified atom stereocenters. The van der Waals surface area contributed by atoms with Crippen LogP contribution in [-0.2, 0) is 0 Å². The number of nitrogens with zero attached hydrogens (tertiary/aromatic N) is 2. The van der Waals surface area contributed by atoms with E-state index >= 15 is 0 Å². The summed E-state index contributed by atoms with van der Waals surface area (Å²) < 4.78 is 5.20. The fraction of sp³-hybridized carbons (Fsp3) is 0.125. The number of carbonyl (C=O) groups excluding carboxylic acids is 1. The molecule has 64 valence electrons. The molecule has 0 aliphatic carbocycles. The monoisotopic (exact) mass is 238 g/mol. The van der Waals surface area contributed by atoms with Crippen LogP contribution < -0.4 is 0 Å². The van der Waals surface area contributed by atoms with Crippen LogP contribution in [0.3, 0.4) is 0 Å². The van der Waals surface area contributed by atoms with Gasteiger partial charge in [0.2, 0.25) is 0 Å². The predicted molar refractivity (Wildman–Crippen MR) is 45.5 cm³/mol. The van der Waals surface area contributed by atoms with Crippen LogP contribution in [0.5, 0.6) is 0 Å². The molecule has 13 heavy (non-hydrogen) atoms. The molecule has 0 N–H and O–H groups in total. The highest BCUT2D eigenvalue weighted by molar-refractivity contribution is 9.10. The molecule has 0 radical (unpaired) electrons. The van der Waals surface area contributed by atoms with Gasteiger partial charge in [0.1, 0.15) is 6.26 Å². The zero-order valence-corrected chi connectivity index (χ0v) is 7.91. The van der Waals surface area contributed by atoms with Gasteiger partial charge in [-0.05, 0) is 15.9 Å². The predicted octanol–water partition coefficient (Wildman–Crippen LogP) is 1.89. The molecule has 0 saturated heterocycles. The first-order valence-electron chi connectivity index (χ1n) is 3.26. The smallest absolute Gasteiger partial charge is 0.197 e. The maximum Gasteiger partial charge on any atom is 0.197 e. The zero-order chi connectivity index (χ0) is 9.84. The van der Waals surface area contributed by atoms with Gasteiger partial charge in [-0.2, -0.15) is 10.5 Å². The lowest BCUT2D eigenvalue weighted by Gasteiger charge is -1.92. The number of hydrogen-bond donors (Lipinski definition) is 0. The van der Waals surface area contributed by atoms with Crippen molar-refractivity contribution in [1.29, 1.82) is 10.5 Å². The molecule has 0 saturated carbocycles. The Hall–Kier alpha value is -1.59. The number of nitriles is 2. The van der Waals surface area contributed by atoms with Crippen LogP contribution in [0.4, 0.5) is 0 Å². The van der Waals surface area contributed by atoms with Gasteiger partial charge in [-0.1, -0.05) is 0 Å². The third-order valence-electron chi connectivity index (χ3n) is 1.37. The summed E-state index contributed by atoms with van der Waals surface area (Å²) >= 11 is 3.01. The Labute approximate surface area is 82.5 Å². The normalized spacial score (nSPS) is 9.23. The van der Waals surface area contributed by atoms with Crippen molar-refractivity contribution in [1.82, 2.24) is 0 Å². The second-order valence-electron chi connectivity index (χ2n) is 2.19. The van der Waals surface area contributed by atoms with Gasteiger partial charge in [0, 0.05) is 6.07 Å². The van der Waals surface area contributed by atoms with Gasteiger partial charge in [0.25, 0.3) is 0 Å². The molecule has 0 aliphatic rings. The van der Waals surface area contributed by atoms with Gasteiger partial charge in [-0.15, -0.1) is 0 Å². The van der Waals surface area contributed by atoms with Gasteiger partial charge in [-0.25, -0.2) is 0 Å². The second-order valence-corrected chi connectivity index (χ2v) is 2.98. The molecule has 4 nitrogen and oxygen atoms in total. The highest BCUT2D eigenvalue weighted by Crippen LogP contribution is 2.16. The number of rotatable bonds is 2. The molecule has 0 aromatic carbocycles. The number of carbonyl (C=O) groups is 1. The second kappa shape index (κ2) is 3.88. The largest absolute Gasteiger partial charge is 0.457 e. The molecule has 0 atom stereocenters. The molecule has 0 fully saturated rings. The summed E-state index contributed by atoms with van der Waals surface area (Å²) in [4.78, 5) is 11.3. The van der Waals surface area contributed by atoms with E-state index in [1.165, 1.54) is 12.3 Å². The average molecular weight is 239 g/mol. The van der Waals surface area contributed by atoms with E-state index in [9.17, 15) is 4.79 Å². The van der Waals surface area contributed by atoms with Gasteiger partial charge in [0.15, 0.2) is 16.4 Å². The van der Waals surface area contributed by atoms with Gasteiger partial charge < -0.3 is 4.42 Å². The van der Waals surface area contributed by atoms with Crippen molar-refractivity contribution in [3.63, 3.8) is 0 Å². The van der Waals surface area contributed by atoms with E-state index in [1.807, 2.05) is 0 Å².